The Morgan fingerprint density at radius 2 is 1.92 bits per heavy atom. The first-order chi connectivity index (χ1) is 11.5. The molecule has 0 saturated heterocycles. The van der Waals surface area contributed by atoms with Crippen LogP contribution in [0.3, 0.4) is 0 Å². The number of carbonyl (C=O) groups excluding carboxylic acids is 1. The van der Waals surface area contributed by atoms with Gasteiger partial charge in [0.15, 0.2) is 0 Å². The molecule has 2 aromatic rings. The van der Waals surface area contributed by atoms with E-state index in [-0.39, 0.29) is 12.3 Å². The number of carboxylic acid groups (broad SMARTS) is 1. The molecule has 0 aliphatic carbocycles. The molecule has 0 aromatic heterocycles. The molecule has 0 aliphatic heterocycles. The van der Waals surface area contributed by atoms with Gasteiger partial charge in [-0.3, -0.25) is 9.59 Å². The Labute approximate surface area is 146 Å². The van der Waals surface area contributed by atoms with Crippen LogP contribution in [0.25, 0.3) is 0 Å². The highest BCUT2D eigenvalue weighted by Gasteiger charge is 2.09. The van der Waals surface area contributed by atoms with Crippen LogP contribution < -0.4 is 5.32 Å². The number of anilines is 1. The first kappa shape index (κ1) is 18.1. The van der Waals surface area contributed by atoms with Crippen LogP contribution in [0.4, 0.5) is 5.69 Å². The SMILES string of the molecule is Cc1ccc(C(=O)Nc2cccc(CSCCC(=O)O)c2)c(C)c1. The van der Waals surface area contributed by atoms with Gasteiger partial charge in [-0.05, 0) is 43.2 Å². The van der Waals surface area contributed by atoms with Crippen LogP contribution in [0.1, 0.15) is 33.5 Å². The van der Waals surface area contributed by atoms with E-state index in [1.165, 1.54) is 0 Å². The summed E-state index contributed by atoms with van der Waals surface area (Å²) < 4.78 is 0. The molecule has 0 heterocycles. The van der Waals surface area contributed by atoms with Crippen LogP contribution in [0.15, 0.2) is 42.5 Å². The minimum Gasteiger partial charge on any atom is -0.481 e. The van der Waals surface area contributed by atoms with Gasteiger partial charge in [-0.2, -0.15) is 11.8 Å². The van der Waals surface area contributed by atoms with Crippen molar-refractivity contribution < 1.29 is 14.7 Å². The lowest BCUT2D eigenvalue weighted by Crippen LogP contribution is -2.13. The van der Waals surface area contributed by atoms with Gasteiger partial charge in [-0.15, -0.1) is 0 Å². The van der Waals surface area contributed by atoms with Crippen molar-refractivity contribution in [3.05, 3.63) is 64.7 Å². The molecular formula is C19H21NO3S. The highest BCUT2D eigenvalue weighted by molar-refractivity contribution is 7.98. The smallest absolute Gasteiger partial charge is 0.304 e. The number of aliphatic carboxylic acids is 1. The monoisotopic (exact) mass is 343 g/mol. The number of carboxylic acids is 1. The van der Waals surface area contributed by atoms with Gasteiger partial charge >= 0.3 is 5.97 Å². The fourth-order valence-corrected chi connectivity index (χ4v) is 3.23. The average Bonchev–Trinajstić information content (AvgIpc) is 2.51. The molecule has 2 rings (SSSR count). The normalized spacial score (nSPS) is 10.4. The van der Waals surface area contributed by atoms with Gasteiger partial charge in [0, 0.05) is 22.8 Å². The second-order valence-corrected chi connectivity index (χ2v) is 6.77. The minimum absolute atomic E-state index is 0.122. The number of thioether (sulfide) groups is 1. The molecule has 5 heteroatoms. The number of hydrogen-bond acceptors (Lipinski definition) is 3. The largest absolute Gasteiger partial charge is 0.481 e. The second-order valence-electron chi connectivity index (χ2n) is 5.67. The summed E-state index contributed by atoms with van der Waals surface area (Å²) in [5.41, 5.74) is 4.55. The van der Waals surface area contributed by atoms with Crippen molar-refractivity contribution in [1.82, 2.24) is 0 Å². The first-order valence-electron chi connectivity index (χ1n) is 7.73. The van der Waals surface area contributed by atoms with Gasteiger partial charge in [-0.25, -0.2) is 0 Å². The van der Waals surface area contributed by atoms with Crippen molar-refractivity contribution in [2.45, 2.75) is 26.0 Å². The van der Waals surface area contributed by atoms with E-state index in [4.69, 9.17) is 5.11 Å². The van der Waals surface area contributed by atoms with Crippen molar-refractivity contribution >= 4 is 29.3 Å². The molecule has 4 nitrogen and oxygen atoms in total. The van der Waals surface area contributed by atoms with E-state index in [0.717, 1.165) is 28.1 Å². The Bertz CT molecular complexity index is 743. The van der Waals surface area contributed by atoms with E-state index in [9.17, 15) is 9.59 Å². The Balaban J connectivity index is 1.98. The quantitative estimate of drug-likeness (QED) is 0.737. The Morgan fingerprint density at radius 3 is 2.62 bits per heavy atom. The molecule has 0 fully saturated rings. The van der Waals surface area contributed by atoms with Gasteiger partial charge in [0.25, 0.3) is 5.91 Å². The molecule has 0 saturated carbocycles. The van der Waals surface area contributed by atoms with Crippen molar-refractivity contribution in [3.63, 3.8) is 0 Å². The summed E-state index contributed by atoms with van der Waals surface area (Å²) >= 11 is 1.57. The van der Waals surface area contributed by atoms with E-state index < -0.39 is 5.97 Å². The lowest BCUT2D eigenvalue weighted by atomic mass is 10.1. The summed E-state index contributed by atoms with van der Waals surface area (Å²) in [7, 11) is 0. The molecule has 1 amide bonds. The third-order valence-electron chi connectivity index (χ3n) is 3.54. The standard InChI is InChI=1S/C19H21NO3S/c1-13-6-7-17(14(2)10-13)19(23)20-16-5-3-4-15(11-16)12-24-9-8-18(21)22/h3-7,10-11H,8-9,12H2,1-2H3,(H,20,23)(H,21,22). The molecule has 0 spiro atoms. The van der Waals surface area contributed by atoms with E-state index in [1.807, 2.05) is 56.3 Å². The molecule has 0 atom stereocenters. The van der Waals surface area contributed by atoms with Crippen LogP contribution in [0, 0.1) is 13.8 Å². The number of hydrogen-bond donors (Lipinski definition) is 2. The van der Waals surface area contributed by atoms with E-state index in [2.05, 4.69) is 5.32 Å². The number of amides is 1. The molecule has 0 radical (unpaired) electrons. The Kier molecular flexibility index (Phi) is 6.44. The minimum atomic E-state index is -0.781. The predicted molar refractivity (Wildman–Crippen MR) is 98.7 cm³/mol. The highest BCUT2D eigenvalue weighted by atomic mass is 32.2. The number of nitrogens with one attached hydrogen (secondary N) is 1. The summed E-state index contributed by atoms with van der Waals surface area (Å²) in [5, 5.41) is 11.6. The Hall–Kier alpha value is -2.27. The highest BCUT2D eigenvalue weighted by Crippen LogP contribution is 2.19. The van der Waals surface area contributed by atoms with Crippen molar-refractivity contribution in [2.75, 3.05) is 11.1 Å². The molecule has 2 aromatic carbocycles. The molecule has 0 bridgehead atoms. The number of benzene rings is 2. The van der Waals surface area contributed by atoms with Gasteiger partial charge < -0.3 is 10.4 Å². The number of aryl methyl sites for hydroxylation is 2. The fraction of sp³-hybridized carbons (Fsp3) is 0.263. The van der Waals surface area contributed by atoms with Crippen LogP contribution in [-0.4, -0.2) is 22.7 Å². The summed E-state index contributed by atoms with van der Waals surface area (Å²) in [4.78, 5) is 22.9. The zero-order valence-electron chi connectivity index (χ0n) is 13.8. The first-order valence-corrected chi connectivity index (χ1v) is 8.88. The van der Waals surface area contributed by atoms with Gasteiger partial charge in [-0.1, -0.05) is 29.8 Å². The maximum atomic E-state index is 12.4. The summed E-state index contributed by atoms with van der Waals surface area (Å²) in [5.74, 6) is 0.398. The van der Waals surface area contributed by atoms with Crippen LogP contribution in [0.5, 0.6) is 0 Å². The van der Waals surface area contributed by atoms with Crippen LogP contribution >= 0.6 is 11.8 Å². The van der Waals surface area contributed by atoms with E-state index in [1.54, 1.807) is 11.8 Å². The van der Waals surface area contributed by atoms with Crippen LogP contribution in [0.2, 0.25) is 0 Å². The third-order valence-corrected chi connectivity index (χ3v) is 4.57. The fourth-order valence-electron chi connectivity index (χ4n) is 2.36. The summed E-state index contributed by atoms with van der Waals surface area (Å²) in [6.07, 6.45) is 0.161. The summed E-state index contributed by atoms with van der Waals surface area (Å²) in [6, 6.07) is 13.4. The predicted octanol–water partition coefficient (Wildman–Crippen LogP) is 4.26. The average molecular weight is 343 g/mol. The number of carbonyl (C=O) groups is 2. The molecule has 126 valence electrons. The molecule has 0 aliphatic rings. The topological polar surface area (TPSA) is 66.4 Å². The van der Waals surface area contributed by atoms with E-state index >= 15 is 0 Å². The van der Waals surface area contributed by atoms with Gasteiger partial charge in [0.2, 0.25) is 0 Å². The molecule has 0 unspecified atom stereocenters. The second kappa shape index (κ2) is 8.55. The lowest BCUT2D eigenvalue weighted by molar-refractivity contribution is -0.136. The number of rotatable bonds is 7. The van der Waals surface area contributed by atoms with Gasteiger partial charge in [0.1, 0.15) is 0 Å². The zero-order valence-corrected chi connectivity index (χ0v) is 14.7. The molecule has 24 heavy (non-hydrogen) atoms. The molecule has 2 N–H and O–H groups in total. The maximum Gasteiger partial charge on any atom is 0.304 e. The van der Waals surface area contributed by atoms with Gasteiger partial charge in [0.05, 0.1) is 6.42 Å². The third kappa shape index (κ3) is 5.42. The van der Waals surface area contributed by atoms with Crippen LogP contribution in [-0.2, 0) is 10.5 Å². The zero-order chi connectivity index (χ0) is 17.5. The Morgan fingerprint density at radius 1 is 1.12 bits per heavy atom. The lowest BCUT2D eigenvalue weighted by Gasteiger charge is -2.10. The molecular weight excluding hydrogens is 322 g/mol. The van der Waals surface area contributed by atoms with Crippen molar-refractivity contribution in [2.24, 2.45) is 0 Å². The summed E-state index contributed by atoms with van der Waals surface area (Å²) in [6.45, 7) is 3.93. The van der Waals surface area contributed by atoms with Crippen molar-refractivity contribution in [3.8, 4) is 0 Å². The van der Waals surface area contributed by atoms with E-state index in [0.29, 0.717) is 11.3 Å². The maximum absolute atomic E-state index is 12.4. The van der Waals surface area contributed by atoms with Crippen molar-refractivity contribution in [1.29, 1.82) is 0 Å².